The Labute approximate surface area is 156 Å². The molecule has 0 atom stereocenters. The van der Waals surface area contributed by atoms with Crippen LogP contribution in [-0.2, 0) is 6.18 Å². The standard InChI is InChI=1S/C19H12F3N5O/c20-19(21,22)13-6-2-1-5-12(13)14-8-9-16-24-11-17(27(16)26-14)25-18(28)15-7-3-4-10-23-15/h1-11H,(H,25,28). The molecule has 0 aliphatic rings. The molecule has 3 aromatic heterocycles. The fraction of sp³-hybridized carbons (Fsp3) is 0.0526. The van der Waals surface area contributed by atoms with Gasteiger partial charge in [0.25, 0.3) is 5.91 Å². The van der Waals surface area contributed by atoms with E-state index >= 15 is 0 Å². The maximum Gasteiger partial charge on any atom is 0.417 e. The van der Waals surface area contributed by atoms with Crippen molar-refractivity contribution in [3.63, 3.8) is 0 Å². The molecule has 0 saturated carbocycles. The van der Waals surface area contributed by atoms with Gasteiger partial charge in [0, 0.05) is 11.8 Å². The van der Waals surface area contributed by atoms with Crippen molar-refractivity contribution in [1.82, 2.24) is 19.6 Å². The highest BCUT2D eigenvalue weighted by molar-refractivity contribution is 6.02. The molecule has 1 N–H and O–H groups in total. The van der Waals surface area contributed by atoms with E-state index in [0.717, 1.165) is 6.07 Å². The molecular formula is C19H12F3N5O. The van der Waals surface area contributed by atoms with Crippen LogP contribution in [0.4, 0.5) is 19.0 Å². The van der Waals surface area contributed by atoms with Crippen LogP contribution in [0.3, 0.4) is 0 Å². The highest BCUT2D eigenvalue weighted by atomic mass is 19.4. The molecule has 3 heterocycles. The van der Waals surface area contributed by atoms with E-state index in [2.05, 4.69) is 20.4 Å². The number of fused-ring (bicyclic) bond motifs is 1. The molecule has 9 heteroatoms. The molecule has 0 bridgehead atoms. The topological polar surface area (TPSA) is 72.2 Å². The van der Waals surface area contributed by atoms with Gasteiger partial charge in [0.2, 0.25) is 0 Å². The Bertz CT molecular complexity index is 1160. The summed E-state index contributed by atoms with van der Waals surface area (Å²) < 4.78 is 41.2. The van der Waals surface area contributed by atoms with Crippen molar-refractivity contribution in [2.75, 3.05) is 5.32 Å². The van der Waals surface area contributed by atoms with E-state index in [9.17, 15) is 18.0 Å². The van der Waals surface area contributed by atoms with Crippen LogP contribution in [0, 0.1) is 0 Å². The molecule has 0 fully saturated rings. The summed E-state index contributed by atoms with van der Waals surface area (Å²) in [4.78, 5) is 20.4. The van der Waals surface area contributed by atoms with Crippen LogP contribution in [0.25, 0.3) is 16.9 Å². The molecule has 4 rings (SSSR count). The van der Waals surface area contributed by atoms with Crippen molar-refractivity contribution in [2.24, 2.45) is 0 Å². The van der Waals surface area contributed by atoms with Crippen molar-refractivity contribution in [2.45, 2.75) is 6.18 Å². The number of amides is 1. The Morgan fingerprint density at radius 3 is 2.50 bits per heavy atom. The minimum Gasteiger partial charge on any atom is -0.304 e. The van der Waals surface area contributed by atoms with Gasteiger partial charge in [0.1, 0.15) is 5.69 Å². The number of carbonyl (C=O) groups is 1. The molecule has 0 radical (unpaired) electrons. The highest BCUT2D eigenvalue weighted by Crippen LogP contribution is 2.36. The van der Waals surface area contributed by atoms with Gasteiger partial charge >= 0.3 is 6.18 Å². The van der Waals surface area contributed by atoms with Crippen molar-refractivity contribution >= 4 is 17.4 Å². The molecule has 0 aliphatic heterocycles. The van der Waals surface area contributed by atoms with Crippen LogP contribution in [0.5, 0.6) is 0 Å². The number of alkyl halides is 3. The largest absolute Gasteiger partial charge is 0.417 e. The molecule has 4 aromatic rings. The Morgan fingerprint density at radius 2 is 1.75 bits per heavy atom. The first-order valence-corrected chi connectivity index (χ1v) is 8.17. The van der Waals surface area contributed by atoms with Gasteiger partial charge in [-0.1, -0.05) is 24.3 Å². The number of rotatable bonds is 3. The summed E-state index contributed by atoms with van der Waals surface area (Å²) in [6.45, 7) is 0. The maximum atomic E-state index is 13.3. The smallest absolute Gasteiger partial charge is 0.304 e. The third kappa shape index (κ3) is 3.29. The van der Waals surface area contributed by atoms with Crippen LogP contribution < -0.4 is 5.32 Å². The zero-order chi connectivity index (χ0) is 19.7. The Hall–Kier alpha value is -3.75. The van der Waals surface area contributed by atoms with E-state index in [-0.39, 0.29) is 22.8 Å². The second-order valence-electron chi connectivity index (χ2n) is 5.84. The number of hydrogen-bond acceptors (Lipinski definition) is 4. The van der Waals surface area contributed by atoms with Gasteiger partial charge in [-0.05, 0) is 30.3 Å². The zero-order valence-electron chi connectivity index (χ0n) is 14.2. The summed E-state index contributed by atoms with van der Waals surface area (Å²) in [5.41, 5.74) is -0.180. The first-order valence-electron chi connectivity index (χ1n) is 8.17. The summed E-state index contributed by atoms with van der Waals surface area (Å²) >= 11 is 0. The lowest BCUT2D eigenvalue weighted by molar-refractivity contribution is -0.137. The van der Waals surface area contributed by atoms with E-state index in [4.69, 9.17) is 0 Å². The monoisotopic (exact) mass is 383 g/mol. The minimum atomic E-state index is -4.52. The summed E-state index contributed by atoms with van der Waals surface area (Å²) in [6.07, 6.45) is -1.66. The second-order valence-corrected chi connectivity index (χ2v) is 5.84. The molecule has 140 valence electrons. The van der Waals surface area contributed by atoms with E-state index in [0.29, 0.717) is 5.65 Å². The number of nitrogens with zero attached hydrogens (tertiary/aromatic N) is 4. The highest BCUT2D eigenvalue weighted by Gasteiger charge is 2.33. The van der Waals surface area contributed by atoms with E-state index in [1.165, 1.54) is 53.3 Å². The number of halogens is 3. The maximum absolute atomic E-state index is 13.3. The SMILES string of the molecule is O=C(Nc1cnc2ccc(-c3ccccc3C(F)(F)F)nn12)c1ccccn1. The van der Waals surface area contributed by atoms with Crippen molar-refractivity contribution in [3.8, 4) is 11.3 Å². The number of hydrogen-bond donors (Lipinski definition) is 1. The fourth-order valence-electron chi connectivity index (χ4n) is 2.73. The van der Waals surface area contributed by atoms with Crippen LogP contribution in [0.15, 0.2) is 67.0 Å². The fourth-order valence-corrected chi connectivity index (χ4v) is 2.73. The number of pyridine rings is 1. The molecular weight excluding hydrogens is 371 g/mol. The lowest BCUT2D eigenvalue weighted by Gasteiger charge is -2.12. The van der Waals surface area contributed by atoms with Crippen LogP contribution in [-0.4, -0.2) is 25.5 Å². The van der Waals surface area contributed by atoms with Gasteiger partial charge < -0.3 is 5.32 Å². The number of aromatic nitrogens is 4. The zero-order valence-corrected chi connectivity index (χ0v) is 14.2. The molecule has 28 heavy (non-hydrogen) atoms. The van der Waals surface area contributed by atoms with Crippen molar-refractivity contribution in [1.29, 1.82) is 0 Å². The molecule has 1 aromatic carbocycles. The van der Waals surface area contributed by atoms with Crippen LogP contribution in [0.1, 0.15) is 16.1 Å². The number of anilines is 1. The van der Waals surface area contributed by atoms with Crippen LogP contribution >= 0.6 is 0 Å². The Balaban J connectivity index is 1.75. The predicted octanol–water partition coefficient (Wildman–Crippen LogP) is 4.06. The van der Waals surface area contributed by atoms with Crippen molar-refractivity contribution in [3.05, 3.63) is 78.2 Å². The van der Waals surface area contributed by atoms with E-state index in [1.807, 2.05) is 0 Å². The average Bonchev–Trinajstić information content (AvgIpc) is 3.10. The van der Waals surface area contributed by atoms with Gasteiger partial charge in [0.15, 0.2) is 11.5 Å². The van der Waals surface area contributed by atoms with Gasteiger partial charge in [-0.25, -0.2) is 4.98 Å². The average molecular weight is 383 g/mol. The first-order chi connectivity index (χ1) is 13.4. The van der Waals surface area contributed by atoms with Crippen LogP contribution in [0.2, 0.25) is 0 Å². The minimum absolute atomic E-state index is 0.0624. The summed E-state index contributed by atoms with van der Waals surface area (Å²) in [6, 6.07) is 13.0. The Kier molecular flexibility index (Phi) is 4.26. The summed E-state index contributed by atoms with van der Waals surface area (Å²) in [7, 11) is 0. The number of nitrogens with one attached hydrogen (secondary N) is 1. The normalized spacial score (nSPS) is 11.5. The van der Waals surface area contributed by atoms with Crippen molar-refractivity contribution < 1.29 is 18.0 Å². The van der Waals surface area contributed by atoms with Gasteiger partial charge in [-0.2, -0.15) is 22.8 Å². The quantitative estimate of drug-likeness (QED) is 0.579. The molecule has 6 nitrogen and oxygen atoms in total. The lowest BCUT2D eigenvalue weighted by Crippen LogP contribution is -2.15. The van der Waals surface area contributed by atoms with Gasteiger partial charge in [-0.3, -0.25) is 9.78 Å². The molecule has 0 spiro atoms. The lowest BCUT2D eigenvalue weighted by atomic mass is 10.0. The van der Waals surface area contributed by atoms with Gasteiger partial charge in [0.05, 0.1) is 17.5 Å². The van der Waals surface area contributed by atoms with E-state index in [1.54, 1.807) is 12.1 Å². The number of carbonyl (C=O) groups excluding carboxylic acids is 1. The molecule has 1 amide bonds. The second kappa shape index (κ2) is 6.76. The molecule has 0 aliphatic carbocycles. The predicted molar refractivity (Wildman–Crippen MR) is 95.6 cm³/mol. The first kappa shape index (κ1) is 17.7. The molecule has 0 saturated heterocycles. The summed E-state index contributed by atoms with van der Waals surface area (Å²) in [5.74, 6) is -0.262. The number of imidazole rings is 1. The third-order valence-corrected chi connectivity index (χ3v) is 4.01. The van der Waals surface area contributed by atoms with Gasteiger partial charge in [-0.15, -0.1) is 0 Å². The Morgan fingerprint density at radius 1 is 0.964 bits per heavy atom. The molecule has 0 unspecified atom stereocenters. The third-order valence-electron chi connectivity index (χ3n) is 4.01. The summed E-state index contributed by atoms with van der Waals surface area (Å²) in [5, 5.41) is 6.86. The van der Waals surface area contributed by atoms with E-state index < -0.39 is 17.6 Å². The number of benzene rings is 1.